The van der Waals surface area contributed by atoms with E-state index >= 15 is 0 Å². The minimum atomic E-state index is -0.354. The number of carbonyl (C=O) groups excluding carboxylic acids is 1. The van der Waals surface area contributed by atoms with E-state index < -0.39 is 0 Å². The monoisotopic (exact) mass is 242 g/mol. The summed E-state index contributed by atoms with van der Waals surface area (Å²) in [5, 5.41) is 3.00. The molecule has 0 heterocycles. The maximum Gasteiger partial charge on any atom is 0.237 e. The summed E-state index contributed by atoms with van der Waals surface area (Å²) in [5.74, 6) is 0.470. The first-order valence-electron chi connectivity index (χ1n) is 7.03. The van der Waals surface area contributed by atoms with E-state index in [1.165, 1.54) is 25.7 Å². The van der Waals surface area contributed by atoms with E-state index in [1.54, 1.807) is 0 Å². The summed E-state index contributed by atoms with van der Waals surface area (Å²) < 4.78 is 0. The molecule has 0 aromatic carbocycles. The van der Waals surface area contributed by atoms with Crippen molar-refractivity contribution in [3.63, 3.8) is 0 Å². The minimum absolute atomic E-state index is 0.00157. The van der Waals surface area contributed by atoms with Gasteiger partial charge in [-0.05, 0) is 25.7 Å². The second-order valence-electron chi connectivity index (χ2n) is 5.50. The summed E-state index contributed by atoms with van der Waals surface area (Å²) in [6, 6.07) is -0.106. The van der Waals surface area contributed by atoms with Crippen LogP contribution in [0.5, 0.6) is 0 Å². The van der Waals surface area contributed by atoms with E-state index in [0.29, 0.717) is 5.92 Å². The highest BCUT2D eigenvalue weighted by Crippen LogP contribution is 2.06. The van der Waals surface area contributed by atoms with Gasteiger partial charge in [0, 0.05) is 6.04 Å². The van der Waals surface area contributed by atoms with Gasteiger partial charge in [0.05, 0.1) is 6.04 Å². The lowest BCUT2D eigenvalue weighted by atomic mass is 10.0. The summed E-state index contributed by atoms with van der Waals surface area (Å²) >= 11 is 0. The van der Waals surface area contributed by atoms with E-state index in [9.17, 15) is 4.79 Å². The fraction of sp³-hybridized carbons (Fsp3) is 0.929. The minimum Gasteiger partial charge on any atom is -0.352 e. The molecule has 3 nitrogen and oxygen atoms in total. The molecule has 0 aromatic heterocycles. The van der Waals surface area contributed by atoms with Gasteiger partial charge in [-0.25, -0.2) is 0 Å². The second-order valence-corrected chi connectivity index (χ2v) is 5.50. The Morgan fingerprint density at radius 1 is 1.18 bits per heavy atom. The molecule has 3 N–H and O–H groups in total. The zero-order valence-corrected chi connectivity index (χ0v) is 12.0. The van der Waals surface area contributed by atoms with Crippen molar-refractivity contribution in [3.8, 4) is 0 Å². The summed E-state index contributed by atoms with van der Waals surface area (Å²) in [4.78, 5) is 11.7. The Hall–Kier alpha value is -0.570. The molecule has 0 saturated carbocycles. The molecule has 0 saturated heterocycles. The number of hydrogen-bond acceptors (Lipinski definition) is 2. The van der Waals surface area contributed by atoms with Crippen LogP contribution in [-0.4, -0.2) is 18.0 Å². The second kappa shape index (κ2) is 9.46. The van der Waals surface area contributed by atoms with Crippen molar-refractivity contribution in [1.29, 1.82) is 0 Å². The fourth-order valence-electron chi connectivity index (χ4n) is 1.91. The van der Waals surface area contributed by atoms with E-state index in [0.717, 1.165) is 12.8 Å². The highest BCUT2D eigenvalue weighted by atomic mass is 16.2. The largest absolute Gasteiger partial charge is 0.352 e. The van der Waals surface area contributed by atoms with Gasteiger partial charge in [0.15, 0.2) is 0 Å². The summed E-state index contributed by atoms with van der Waals surface area (Å²) in [6.07, 6.45) is 6.80. The number of carbonyl (C=O) groups is 1. The Labute approximate surface area is 107 Å². The molecular weight excluding hydrogens is 212 g/mol. The quantitative estimate of drug-likeness (QED) is 0.611. The summed E-state index contributed by atoms with van der Waals surface area (Å²) in [5.41, 5.74) is 5.83. The van der Waals surface area contributed by atoms with Gasteiger partial charge < -0.3 is 11.1 Å². The topological polar surface area (TPSA) is 55.1 Å². The molecule has 0 aliphatic carbocycles. The van der Waals surface area contributed by atoms with Gasteiger partial charge in [0.2, 0.25) is 5.91 Å². The molecular formula is C14H30N2O. The van der Waals surface area contributed by atoms with Crippen LogP contribution in [0.3, 0.4) is 0 Å². The van der Waals surface area contributed by atoms with Gasteiger partial charge in [-0.2, -0.15) is 0 Å². The number of nitrogens with one attached hydrogen (secondary N) is 1. The molecule has 0 bridgehead atoms. The first-order valence-corrected chi connectivity index (χ1v) is 7.03. The Morgan fingerprint density at radius 2 is 1.82 bits per heavy atom. The number of amides is 1. The molecule has 3 heteroatoms. The van der Waals surface area contributed by atoms with E-state index in [4.69, 9.17) is 5.73 Å². The first kappa shape index (κ1) is 16.4. The maximum absolute atomic E-state index is 11.7. The third-order valence-electron chi connectivity index (χ3n) is 2.94. The van der Waals surface area contributed by atoms with Crippen molar-refractivity contribution < 1.29 is 4.79 Å². The van der Waals surface area contributed by atoms with Gasteiger partial charge in [-0.1, -0.05) is 46.5 Å². The molecule has 102 valence electrons. The molecule has 0 aromatic rings. The van der Waals surface area contributed by atoms with Crippen molar-refractivity contribution in [1.82, 2.24) is 5.32 Å². The van der Waals surface area contributed by atoms with Crippen molar-refractivity contribution in [3.05, 3.63) is 0 Å². The van der Waals surface area contributed by atoms with Crippen LogP contribution < -0.4 is 11.1 Å². The zero-order chi connectivity index (χ0) is 13.3. The van der Waals surface area contributed by atoms with Crippen molar-refractivity contribution in [2.45, 2.75) is 78.3 Å². The molecule has 0 spiro atoms. The van der Waals surface area contributed by atoms with Crippen molar-refractivity contribution in [2.75, 3.05) is 0 Å². The Morgan fingerprint density at radius 3 is 2.35 bits per heavy atom. The third kappa shape index (κ3) is 9.16. The van der Waals surface area contributed by atoms with Crippen LogP contribution in [0.25, 0.3) is 0 Å². The average molecular weight is 242 g/mol. The fourth-order valence-corrected chi connectivity index (χ4v) is 1.91. The van der Waals surface area contributed by atoms with Gasteiger partial charge in [0.25, 0.3) is 0 Å². The van der Waals surface area contributed by atoms with Gasteiger partial charge in [-0.15, -0.1) is 0 Å². The zero-order valence-electron chi connectivity index (χ0n) is 12.0. The van der Waals surface area contributed by atoms with Gasteiger partial charge >= 0.3 is 0 Å². The highest BCUT2D eigenvalue weighted by Gasteiger charge is 2.16. The van der Waals surface area contributed by atoms with E-state index in [1.807, 2.05) is 0 Å². The first-order chi connectivity index (χ1) is 7.97. The lowest BCUT2D eigenvalue weighted by Gasteiger charge is -2.18. The molecule has 0 fully saturated rings. The molecule has 17 heavy (non-hydrogen) atoms. The van der Waals surface area contributed by atoms with Crippen LogP contribution in [0.1, 0.15) is 66.2 Å². The number of unbranched alkanes of at least 4 members (excludes halogenated alkanes) is 3. The van der Waals surface area contributed by atoms with Crippen LogP contribution in [0.4, 0.5) is 0 Å². The van der Waals surface area contributed by atoms with E-state index in [2.05, 4.69) is 33.0 Å². The maximum atomic E-state index is 11.7. The average Bonchev–Trinajstić information content (AvgIpc) is 2.23. The van der Waals surface area contributed by atoms with Gasteiger partial charge in [0.1, 0.15) is 0 Å². The summed E-state index contributed by atoms with van der Waals surface area (Å²) in [7, 11) is 0. The predicted octanol–water partition coefficient (Wildman–Crippen LogP) is 2.83. The standard InChI is InChI=1S/C14H30N2O/c1-5-6-7-8-9-12(4)16-14(17)13(15)10-11(2)3/h11-13H,5-10,15H2,1-4H3,(H,16,17)/t12?,13-/m0/s1. The SMILES string of the molecule is CCCCCCC(C)NC(=O)[C@@H](N)CC(C)C. The Bertz CT molecular complexity index is 204. The number of hydrogen-bond donors (Lipinski definition) is 2. The number of rotatable bonds is 9. The van der Waals surface area contributed by atoms with Crippen LogP contribution in [0.15, 0.2) is 0 Å². The van der Waals surface area contributed by atoms with Crippen molar-refractivity contribution >= 4 is 5.91 Å². The third-order valence-corrected chi connectivity index (χ3v) is 2.94. The van der Waals surface area contributed by atoms with E-state index in [-0.39, 0.29) is 18.0 Å². The van der Waals surface area contributed by atoms with Crippen LogP contribution in [0, 0.1) is 5.92 Å². The molecule has 0 aliphatic heterocycles. The molecule has 0 radical (unpaired) electrons. The van der Waals surface area contributed by atoms with Crippen LogP contribution >= 0.6 is 0 Å². The molecule has 0 rings (SSSR count). The lowest BCUT2D eigenvalue weighted by molar-refractivity contribution is -0.123. The Kier molecular flexibility index (Phi) is 9.14. The molecule has 0 aliphatic rings. The number of nitrogens with two attached hydrogens (primary N) is 1. The normalized spacial score (nSPS) is 14.7. The molecule has 1 amide bonds. The Balaban J connectivity index is 3.71. The highest BCUT2D eigenvalue weighted by molar-refractivity contribution is 5.81. The predicted molar refractivity (Wildman–Crippen MR) is 73.8 cm³/mol. The van der Waals surface area contributed by atoms with Crippen LogP contribution in [-0.2, 0) is 4.79 Å². The van der Waals surface area contributed by atoms with Crippen molar-refractivity contribution in [2.24, 2.45) is 11.7 Å². The van der Waals surface area contributed by atoms with Gasteiger partial charge in [-0.3, -0.25) is 4.79 Å². The molecule has 1 unspecified atom stereocenters. The summed E-state index contributed by atoms with van der Waals surface area (Å²) in [6.45, 7) is 8.44. The van der Waals surface area contributed by atoms with Crippen LogP contribution in [0.2, 0.25) is 0 Å². The smallest absolute Gasteiger partial charge is 0.237 e. The lowest BCUT2D eigenvalue weighted by Crippen LogP contribution is -2.44. The molecule has 2 atom stereocenters.